The van der Waals surface area contributed by atoms with Crippen molar-refractivity contribution in [3.05, 3.63) is 29.3 Å². The van der Waals surface area contributed by atoms with Crippen molar-refractivity contribution in [3.63, 3.8) is 0 Å². The summed E-state index contributed by atoms with van der Waals surface area (Å²) in [6.45, 7) is 9.34. The zero-order valence-electron chi connectivity index (χ0n) is 13.0. The number of ether oxygens (including phenoxy) is 1. The highest BCUT2D eigenvalue weighted by atomic mass is 32.2. The van der Waals surface area contributed by atoms with E-state index in [0.29, 0.717) is 18.4 Å². The van der Waals surface area contributed by atoms with E-state index in [9.17, 15) is 0 Å². The van der Waals surface area contributed by atoms with Gasteiger partial charge in [-0.05, 0) is 60.6 Å². The van der Waals surface area contributed by atoms with Crippen LogP contribution in [-0.2, 0) is 0 Å². The standard InChI is InChI=1S/C17H25NOS/c1-5-14(9-10-20-12-18)15-7-8-17(19-6-2)16(11-15)13(3)4/h7-8,11,13-14H,5-6,9-10H2,1-4H3. The zero-order chi connectivity index (χ0) is 15.0. The fourth-order valence-electron chi connectivity index (χ4n) is 2.41. The lowest BCUT2D eigenvalue weighted by atomic mass is 9.90. The van der Waals surface area contributed by atoms with Gasteiger partial charge in [-0.3, -0.25) is 0 Å². The largest absolute Gasteiger partial charge is 0.494 e. The molecule has 0 N–H and O–H groups in total. The van der Waals surface area contributed by atoms with Crippen LogP contribution in [-0.4, -0.2) is 12.4 Å². The molecule has 0 aromatic heterocycles. The average Bonchev–Trinajstić information content (AvgIpc) is 2.44. The van der Waals surface area contributed by atoms with Gasteiger partial charge in [-0.1, -0.05) is 32.9 Å². The fourth-order valence-corrected chi connectivity index (χ4v) is 2.91. The van der Waals surface area contributed by atoms with E-state index in [-0.39, 0.29) is 0 Å². The molecule has 0 aliphatic rings. The molecule has 110 valence electrons. The lowest BCUT2D eigenvalue weighted by Crippen LogP contribution is -2.03. The van der Waals surface area contributed by atoms with Crippen molar-refractivity contribution in [1.82, 2.24) is 0 Å². The van der Waals surface area contributed by atoms with E-state index >= 15 is 0 Å². The van der Waals surface area contributed by atoms with Gasteiger partial charge < -0.3 is 4.74 Å². The van der Waals surface area contributed by atoms with E-state index < -0.39 is 0 Å². The Labute approximate surface area is 127 Å². The zero-order valence-corrected chi connectivity index (χ0v) is 13.8. The molecule has 0 spiro atoms. The van der Waals surface area contributed by atoms with Crippen LogP contribution in [0.4, 0.5) is 0 Å². The Morgan fingerprint density at radius 2 is 2.05 bits per heavy atom. The van der Waals surface area contributed by atoms with Gasteiger partial charge in [-0.25, -0.2) is 0 Å². The molecule has 2 nitrogen and oxygen atoms in total. The van der Waals surface area contributed by atoms with Gasteiger partial charge in [0.1, 0.15) is 11.2 Å². The van der Waals surface area contributed by atoms with Crippen LogP contribution in [0.3, 0.4) is 0 Å². The lowest BCUT2D eigenvalue weighted by molar-refractivity contribution is 0.335. The number of rotatable bonds is 8. The molecule has 20 heavy (non-hydrogen) atoms. The maximum absolute atomic E-state index is 8.63. The first-order valence-corrected chi connectivity index (χ1v) is 8.40. The van der Waals surface area contributed by atoms with E-state index in [0.717, 1.165) is 24.3 Å². The van der Waals surface area contributed by atoms with Crippen LogP contribution in [0.2, 0.25) is 0 Å². The number of thiocyanates is 1. The highest BCUT2D eigenvalue weighted by molar-refractivity contribution is 8.03. The van der Waals surface area contributed by atoms with Crippen molar-refractivity contribution < 1.29 is 4.74 Å². The van der Waals surface area contributed by atoms with Crippen molar-refractivity contribution in [2.75, 3.05) is 12.4 Å². The summed E-state index contributed by atoms with van der Waals surface area (Å²) in [5, 5.41) is 10.8. The molecule has 0 amide bonds. The molecule has 1 unspecified atom stereocenters. The smallest absolute Gasteiger partial charge is 0.133 e. The van der Waals surface area contributed by atoms with E-state index in [1.54, 1.807) is 0 Å². The first-order chi connectivity index (χ1) is 9.63. The van der Waals surface area contributed by atoms with Crippen LogP contribution in [0.25, 0.3) is 0 Å². The Bertz CT molecular complexity index is 451. The molecule has 3 heteroatoms. The number of nitriles is 1. The number of benzene rings is 1. The first-order valence-electron chi connectivity index (χ1n) is 7.41. The number of thioether (sulfide) groups is 1. The number of hydrogen-bond donors (Lipinski definition) is 0. The molecule has 1 atom stereocenters. The third kappa shape index (κ3) is 4.76. The summed E-state index contributed by atoms with van der Waals surface area (Å²) in [6.07, 6.45) is 2.16. The van der Waals surface area contributed by atoms with E-state index in [4.69, 9.17) is 10.00 Å². The second-order valence-electron chi connectivity index (χ2n) is 5.22. The molecule has 0 saturated carbocycles. The predicted molar refractivity (Wildman–Crippen MR) is 87.4 cm³/mol. The molecule has 0 heterocycles. The fraction of sp³-hybridized carbons (Fsp3) is 0.588. The Kier molecular flexibility index (Phi) is 7.54. The van der Waals surface area contributed by atoms with Crippen LogP contribution < -0.4 is 4.74 Å². The Hall–Kier alpha value is -1.14. The molecule has 0 radical (unpaired) electrons. The SMILES string of the molecule is CCOc1ccc(C(CC)CCSC#N)cc1C(C)C. The van der Waals surface area contributed by atoms with Crippen molar-refractivity contribution in [3.8, 4) is 11.2 Å². The summed E-state index contributed by atoms with van der Waals surface area (Å²) < 4.78 is 5.72. The van der Waals surface area contributed by atoms with Crippen LogP contribution in [0, 0.1) is 10.7 Å². The number of nitrogens with zero attached hydrogens (tertiary/aromatic N) is 1. The van der Waals surface area contributed by atoms with Crippen molar-refractivity contribution in [2.45, 2.75) is 52.4 Å². The molecule has 0 saturated heterocycles. The summed E-state index contributed by atoms with van der Waals surface area (Å²) >= 11 is 1.35. The highest BCUT2D eigenvalue weighted by Crippen LogP contribution is 2.33. The number of hydrogen-bond acceptors (Lipinski definition) is 3. The Morgan fingerprint density at radius 1 is 1.30 bits per heavy atom. The lowest BCUT2D eigenvalue weighted by Gasteiger charge is -2.19. The van der Waals surface area contributed by atoms with Gasteiger partial charge in [-0.2, -0.15) is 5.26 Å². The third-order valence-electron chi connectivity index (χ3n) is 3.55. The van der Waals surface area contributed by atoms with Gasteiger partial charge in [0.2, 0.25) is 0 Å². The summed E-state index contributed by atoms with van der Waals surface area (Å²) in [4.78, 5) is 0. The Morgan fingerprint density at radius 3 is 2.60 bits per heavy atom. The van der Waals surface area contributed by atoms with Crippen LogP contribution in [0.15, 0.2) is 18.2 Å². The van der Waals surface area contributed by atoms with E-state index in [1.807, 2.05) is 6.92 Å². The van der Waals surface area contributed by atoms with Gasteiger partial charge in [0.05, 0.1) is 6.61 Å². The average molecular weight is 291 g/mol. The maximum Gasteiger partial charge on any atom is 0.133 e. The van der Waals surface area contributed by atoms with Crippen LogP contribution in [0.1, 0.15) is 63.5 Å². The van der Waals surface area contributed by atoms with Crippen molar-refractivity contribution in [1.29, 1.82) is 5.26 Å². The molecule has 1 aromatic carbocycles. The minimum atomic E-state index is 0.461. The summed E-state index contributed by atoms with van der Waals surface area (Å²) in [7, 11) is 0. The van der Waals surface area contributed by atoms with E-state index in [1.165, 1.54) is 22.9 Å². The van der Waals surface area contributed by atoms with Gasteiger partial charge in [0, 0.05) is 5.75 Å². The molecule has 0 bridgehead atoms. The third-order valence-corrected chi connectivity index (χ3v) is 4.12. The molecule has 1 rings (SSSR count). The summed E-state index contributed by atoms with van der Waals surface area (Å²) in [5.41, 5.74) is 2.66. The van der Waals surface area contributed by atoms with Crippen LogP contribution in [0.5, 0.6) is 5.75 Å². The van der Waals surface area contributed by atoms with Crippen LogP contribution >= 0.6 is 11.8 Å². The van der Waals surface area contributed by atoms with Gasteiger partial charge in [0.15, 0.2) is 0 Å². The quantitative estimate of drug-likeness (QED) is 0.481. The maximum atomic E-state index is 8.63. The summed E-state index contributed by atoms with van der Waals surface area (Å²) in [6, 6.07) is 6.58. The monoisotopic (exact) mass is 291 g/mol. The molecular formula is C17H25NOS. The molecule has 0 aliphatic carbocycles. The predicted octanol–water partition coefficient (Wildman–Crippen LogP) is 5.31. The van der Waals surface area contributed by atoms with Gasteiger partial charge in [-0.15, -0.1) is 0 Å². The van der Waals surface area contributed by atoms with Crippen molar-refractivity contribution >= 4 is 11.8 Å². The first kappa shape index (κ1) is 16.9. The van der Waals surface area contributed by atoms with Gasteiger partial charge in [0.25, 0.3) is 0 Å². The molecule has 0 aliphatic heterocycles. The summed E-state index contributed by atoms with van der Waals surface area (Å²) in [5.74, 6) is 2.90. The normalized spacial score (nSPS) is 12.2. The van der Waals surface area contributed by atoms with Gasteiger partial charge >= 0.3 is 0 Å². The second-order valence-corrected chi connectivity index (χ2v) is 6.10. The molecule has 0 fully saturated rings. The van der Waals surface area contributed by atoms with Crippen molar-refractivity contribution in [2.24, 2.45) is 0 Å². The minimum Gasteiger partial charge on any atom is -0.494 e. The molecular weight excluding hydrogens is 266 g/mol. The highest BCUT2D eigenvalue weighted by Gasteiger charge is 2.14. The Balaban J connectivity index is 2.93. The topological polar surface area (TPSA) is 33.0 Å². The van der Waals surface area contributed by atoms with E-state index in [2.05, 4.69) is 44.4 Å². The second kappa shape index (κ2) is 8.92. The molecule has 1 aromatic rings. The minimum absolute atomic E-state index is 0.461.